The average molecular weight is 177 g/mol. The summed E-state index contributed by atoms with van der Waals surface area (Å²) in [6.45, 7) is 0.126. The molecular weight excluding hydrogens is 162 g/mol. The Labute approximate surface area is 70.6 Å². The van der Waals surface area contributed by atoms with Gasteiger partial charge in [0.2, 0.25) is 0 Å². The van der Waals surface area contributed by atoms with Crippen LogP contribution in [0.25, 0.3) is 0 Å². The summed E-state index contributed by atoms with van der Waals surface area (Å²) < 4.78 is 0. The van der Waals surface area contributed by atoms with Gasteiger partial charge in [0.15, 0.2) is 0 Å². The van der Waals surface area contributed by atoms with Gasteiger partial charge in [-0.15, -0.1) is 0 Å². The smallest absolute Gasteiger partial charge is 0.0978 e. The molecule has 1 heterocycles. The molecule has 0 spiro atoms. The van der Waals surface area contributed by atoms with E-state index in [4.69, 9.17) is 5.11 Å². The summed E-state index contributed by atoms with van der Waals surface area (Å²) in [7, 11) is 0. The van der Waals surface area contributed by atoms with E-state index >= 15 is 0 Å². The molecule has 4 atom stereocenters. The molecule has 0 bridgehead atoms. The first-order valence-corrected chi connectivity index (χ1v) is 4.05. The number of hydrogen-bond acceptors (Lipinski definition) is 5. The van der Waals surface area contributed by atoms with Gasteiger partial charge in [-0.2, -0.15) is 0 Å². The highest BCUT2D eigenvalue weighted by molar-refractivity contribution is 4.90. The highest BCUT2D eigenvalue weighted by Crippen LogP contribution is 2.12. The molecular formula is C7H15NO4. The number of aliphatic hydroxyl groups is 4. The lowest BCUT2D eigenvalue weighted by molar-refractivity contribution is -0.0689. The van der Waals surface area contributed by atoms with E-state index in [1.807, 2.05) is 0 Å². The van der Waals surface area contributed by atoms with Crippen molar-refractivity contribution in [2.45, 2.75) is 30.8 Å². The number of nitrogens with one attached hydrogen (secondary N) is 1. The minimum absolute atomic E-state index is 0.415. The fourth-order valence-corrected chi connectivity index (χ4v) is 1.41. The Kier molecular flexibility index (Phi) is 3.42. The van der Waals surface area contributed by atoms with Crippen molar-refractivity contribution in [2.24, 2.45) is 0 Å². The third-order valence-corrected chi connectivity index (χ3v) is 2.18. The summed E-state index contributed by atoms with van der Waals surface area (Å²) in [5, 5.41) is 39.2. The molecule has 5 nitrogen and oxygen atoms in total. The molecule has 0 radical (unpaired) electrons. The minimum atomic E-state index is -1.02. The molecule has 5 N–H and O–H groups in total. The van der Waals surface area contributed by atoms with Crippen LogP contribution in [0.4, 0.5) is 0 Å². The summed E-state index contributed by atoms with van der Waals surface area (Å²) in [5.41, 5.74) is 0. The Bertz CT molecular complexity index is 143. The van der Waals surface area contributed by atoms with E-state index < -0.39 is 31.0 Å². The Morgan fingerprint density at radius 2 is 2.08 bits per heavy atom. The Hall–Kier alpha value is -0.200. The van der Waals surface area contributed by atoms with Gasteiger partial charge in [0.1, 0.15) is 0 Å². The second-order valence-corrected chi connectivity index (χ2v) is 3.08. The normalized spacial score (nSPS) is 39.5. The van der Waals surface area contributed by atoms with Crippen LogP contribution in [-0.2, 0) is 0 Å². The Balaban J connectivity index is 2.51. The monoisotopic (exact) mass is 177 g/mol. The van der Waals surface area contributed by atoms with E-state index in [9.17, 15) is 15.3 Å². The van der Waals surface area contributed by atoms with Gasteiger partial charge in [0.05, 0.1) is 31.0 Å². The highest BCUT2D eigenvalue weighted by Gasteiger charge is 2.34. The van der Waals surface area contributed by atoms with Gasteiger partial charge in [0.25, 0.3) is 0 Å². The maximum absolute atomic E-state index is 9.36. The van der Waals surface area contributed by atoms with Crippen LogP contribution in [0.5, 0.6) is 0 Å². The van der Waals surface area contributed by atoms with E-state index in [0.29, 0.717) is 13.0 Å². The maximum atomic E-state index is 9.36. The van der Waals surface area contributed by atoms with Crippen molar-refractivity contribution in [3.8, 4) is 0 Å². The van der Waals surface area contributed by atoms with Gasteiger partial charge in [-0.05, 0) is 13.0 Å². The van der Waals surface area contributed by atoms with Crippen molar-refractivity contribution < 1.29 is 20.4 Å². The van der Waals surface area contributed by atoms with Crippen LogP contribution in [0.15, 0.2) is 0 Å². The SMILES string of the molecule is OC[C@@H](O)[C@H]1NCC[C@H](O)[C@H]1O. The predicted octanol–water partition coefficient (Wildman–Crippen LogP) is -2.58. The van der Waals surface area contributed by atoms with Gasteiger partial charge in [-0.25, -0.2) is 0 Å². The van der Waals surface area contributed by atoms with Crippen LogP contribution in [-0.4, -0.2) is 57.9 Å². The third kappa shape index (κ3) is 1.94. The predicted molar refractivity (Wildman–Crippen MR) is 41.5 cm³/mol. The fraction of sp³-hybridized carbons (Fsp3) is 1.00. The molecule has 0 aromatic carbocycles. The number of hydrogen-bond donors (Lipinski definition) is 5. The summed E-state index contributed by atoms with van der Waals surface area (Å²) >= 11 is 0. The van der Waals surface area contributed by atoms with Crippen LogP contribution in [0.3, 0.4) is 0 Å². The molecule has 1 fully saturated rings. The molecule has 0 aromatic heterocycles. The standard InChI is InChI=1S/C7H15NO4/c9-3-5(11)6-7(12)4(10)1-2-8-6/h4-12H,1-3H2/t4-,5+,6+,7+/m0/s1. The number of aliphatic hydroxyl groups excluding tert-OH is 4. The van der Waals surface area contributed by atoms with Crippen LogP contribution in [0, 0.1) is 0 Å². The highest BCUT2D eigenvalue weighted by atomic mass is 16.3. The van der Waals surface area contributed by atoms with Gasteiger partial charge >= 0.3 is 0 Å². The maximum Gasteiger partial charge on any atom is 0.0978 e. The molecule has 1 aliphatic heterocycles. The zero-order valence-electron chi connectivity index (χ0n) is 6.72. The van der Waals surface area contributed by atoms with Gasteiger partial charge < -0.3 is 25.7 Å². The second-order valence-electron chi connectivity index (χ2n) is 3.08. The van der Waals surface area contributed by atoms with E-state index in [1.165, 1.54) is 0 Å². The fourth-order valence-electron chi connectivity index (χ4n) is 1.41. The lowest BCUT2D eigenvalue weighted by Gasteiger charge is -2.35. The van der Waals surface area contributed by atoms with Crippen molar-refractivity contribution >= 4 is 0 Å². The number of rotatable bonds is 2. The first-order chi connectivity index (χ1) is 5.66. The van der Waals surface area contributed by atoms with E-state index in [0.717, 1.165) is 0 Å². The van der Waals surface area contributed by atoms with Crippen LogP contribution < -0.4 is 5.32 Å². The van der Waals surface area contributed by atoms with Crippen molar-refractivity contribution in [2.75, 3.05) is 13.2 Å². The first kappa shape index (κ1) is 9.88. The van der Waals surface area contributed by atoms with E-state index in [1.54, 1.807) is 0 Å². The molecule has 0 aromatic rings. The summed E-state index contributed by atoms with van der Waals surface area (Å²) in [6.07, 6.45) is -2.36. The second kappa shape index (κ2) is 4.15. The quantitative estimate of drug-likeness (QED) is 0.319. The Morgan fingerprint density at radius 1 is 1.42 bits per heavy atom. The molecule has 1 saturated heterocycles. The lowest BCUT2D eigenvalue weighted by Crippen LogP contribution is -2.58. The molecule has 1 rings (SSSR count). The van der Waals surface area contributed by atoms with Gasteiger partial charge in [-0.1, -0.05) is 0 Å². The van der Waals surface area contributed by atoms with E-state index in [-0.39, 0.29) is 0 Å². The van der Waals surface area contributed by atoms with Crippen molar-refractivity contribution in [1.82, 2.24) is 5.32 Å². The molecule has 0 amide bonds. The molecule has 0 aliphatic carbocycles. The average Bonchev–Trinajstić information content (AvgIpc) is 2.08. The largest absolute Gasteiger partial charge is 0.394 e. The molecule has 0 saturated carbocycles. The zero-order chi connectivity index (χ0) is 9.14. The Morgan fingerprint density at radius 3 is 2.67 bits per heavy atom. The zero-order valence-corrected chi connectivity index (χ0v) is 6.72. The molecule has 12 heavy (non-hydrogen) atoms. The molecule has 1 aliphatic rings. The summed E-state index contributed by atoms with van der Waals surface area (Å²) in [5.74, 6) is 0. The van der Waals surface area contributed by atoms with Gasteiger partial charge in [-0.3, -0.25) is 0 Å². The molecule has 5 heteroatoms. The van der Waals surface area contributed by atoms with E-state index in [2.05, 4.69) is 5.32 Å². The van der Waals surface area contributed by atoms with Crippen molar-refractivity contribution in [3.05, 3.63) is 0 Å². The first-order valence-electron chi connectivity index (χ1n) is 4.05. The van der Waals surface area contributed by atoms with Crippen LogP contribution >= 0.6 is 0 Å². The van der Waals surface area contributed by atoms with Crippen molar-refractivity contribution in [1.29, 1.82) is 0 Å². The third-order valence-electron chi connectivity index (χ3n) is 2.18. The van der Waals surface area contributed by atoms with Gasteiger partial charge in [0, 0.05) is 0 Å². The van der Waals surface area contributed by atoms with Crippen LogP contribution in [0.2, 0.25) is 0 Å². The van der Waals surface area contributed by atoms with Crippen molar-refractivity contribution in [3.63, 3.8) is 0 Å². The topological polar surface area (TPSA) is 93.0 Å². The summed E-state index contributed by atoms with van der Waals surface area (Å²) in [6, 6.07) is -0.626. The molecule has 72 valence electrons. The summed E-state index contributed by atoms with van der Waals surface area (Å²) in [4.78, 5) is 0. The molecule has 0 unspecified atom stereocenters. The number of piperidine rings is 1. The minimum Gasteiger partial charge on any atom is -0.394 e. The van der Waals surface area contributed by atoms with Crippen LogP contribution in [0.1, 0.15) is 6.42 Å². The lowest BCUT2D eigenvalue weighted by atomic mass is 9.94.